The molecule has 0 spiro atoms. The number of halogens is 1. The normalized spacial score (nSPS) is 25.1. The summed E-state index contributed by atoms with van der Waals surface area (Å²) in [5.74, 6) is 0. The molecule has 1 unspecified atom stereocenters. The van der Waals surface area contributed by atoms with Crippen molar-refractivity contribution in [2.24, 2.45) is 5.41 Å². The summed E-state index contributed by atoms with van der Waals surface area (Å²) < 4.78 is 0. The van der Waals surface area contributed by atoms with E-state index in [0.717, 1.165) is 19.0 Å². The first-order valence-corrected chi connectivity index (χ1v) is 8.21. The summed E-state index contributed by atoms with van der Waals surface area (Å²) in [4.78, 5) is 2.73. The van der Waals surface area contributed by atoms with Crippen molar-refractivity contribution < 1.29 is 0 Å². The van der Waals surface area contributed by atoms with E-state index in [9.17, 15) is 0 Å². The van der Waals surface area contributed by atoms with Gasteiger partial charge in [-0.2, -0.15) is 0 Å². The molecule has 1 N–H and O–H groups in total. The van der Waals surface area contributed by atoms with E-state index < -0.39 is 0 Å². The first-order chi connectivity index (χ1) is 9.68. The molecule has 0 amide bonds. The van der Waals surface area contributed by atoms with E-state index in [4.69, 9.17) is 0 Å². The number of rotatable bonds is 6. The van der Waals surface area contributed by atoms with Crippen molar-refractivity contribution in [3.05, 3.63) is 35.4 Å². The molecular formula is C18H29ClN2. The van der Waals surface area contributed by atoms with Crippen LogP contribution >= 0.6 is 12.4 Å². The Morgan fingerprint density at radius 1 is 1.19 bits per heavy atom. The van der Waals surface area contributed by atoms with Gasteiger partial charge < -0.3 is 5.32 Å². The molecule has 1 saturated carbocycles. The molecule has 0 radical (unpaired) electrons. The zero-order valence-corrected chi connectivity index (χ0v) is 14.2. The van der Waals surface area contributed by atoms with Crippen LogP contribution in [0.1, 0.15) is 44.2 Å². The van der Waals surface area contributed by atoms with Gasteiger partial charge in [0.2, 0.25) is 0 Å². The highest BCUT2D eigenvalue weighted by molar-refractivity contribution is 5.85. The van der Waals surface area contributed by atoms with Crippen LogP contribution in [0.5, 0.6) is 0 Å². The van der Waals surface area contributed by atoms with Gasteiger partial charge in [-0.15, -0.1) is 12.4 Å². The Morgan fingerprint density at radius 2 is 1.86 bits per heavy atom. The van der Waals surface area contributed by atoms with Crippen molar-refractivity contribution >= 4 is 12.4 Å². The number of benzene rings is 1. The van der Waals surface area contributed by atoms with Crippen LogP contribution in [0, 0.1) is 5.41 Å². The molecule has 1 atom stereocenters. The molecule has 3 rings (SSSR count). The lowest BCUT2D eigenvalue weighted by Crippen LogP contribution is -2.38. The molecule has 1 aliphatic heterocycles. The molecule has 0 bridgehead atoms. The molecule has 1 heterocycles. The van der Waals surface area contributed by atoms with Gasteiger partial charge in [0.05, 0.1) is 0 Å². The lowest BCUT2D eigenvalue weighted by Gasteiger charge is -2.32. The van der Waals surface area contributed by atoms with Crippen LogP contribution in [-0.2, 0) is 13.0 Å². The van der Waals surface area contributed by atoms with Crippen LogP contribution in [-0.4, -0.2) is 30.6 Å². The third-order valence-electron chi connectivity index (χ3n) is 4.92. The van der Waals surface area contributed by atoms with E-state index in [2.05, 4.69) is 48.3 Å². The molecule has 3 heteroatoms. The van der Waals surface area contributed by atoms with Crippen molar-refractivity contribution in [1.29, 1.82) is 0 Å². The van der Waals surface area contributed by atoms with Gasteiger partial charge in [-0.05, 0) is 48.8 Å². The predicted octanol–water partition coefficient (Wildman–Crippen LogP) is 3.63. The van der Waals surface area contributed by atoms with Gasteiger partial charge in [0, 0.05) is 25.7 Å². The van der Waals surface area contributed by atoms with Gasteiger partial charge >= 0.3 is 0 Å². The molecule has 1 saturated heterocycles. The summed E-state index contributed by atoms with van der Waals surface area (Å²) in [5.41, 5.74) is 3.40. The van der Waals surface area contributed by atoms with E-state index in [-0.39, 0.29) is 12.4 Å². The molecule has 2 aliphatic rings. The molecule has 1 aromatic carbocycles. The Morgan fingerprint density at radius 3 is 2.38 bits per heavy atom. The highest BCUT2D eigenvalue weighted by Gasteiger charge is 2.36. The Hall–Kier alpha value is -0.570. The van der Waals surface area contributed by atoms with Crippen molar-refractivity contribution in [2.75, 3.05) is 19.6 Å². The predicted molar refractivity (Wildman–Crippen MR) is 92.1 cm³/mol. The van der Waals surface area contributed by atoms with Crippen LogP contribution in [0.3, 0.4) is 0 Å². The maximum atomic E-state index is 3.53. The average Bonchev–Trinajstić information content (AvgIpc) is 3.22. The van der Waals surface area contributed by atoms with Crippen LogP contribution < -0.4 is 5.32 Å². The maximum Gasteiger partial charge on any atom is 0.0236 e. The van der Waals surface area contributed by atoms with E-state index in [1.54, 1.807) is 0 Å². The Balaban J connectivity index is 0.00000161. The van der Waals surface area contributed by atoms with Crippen molar-refractivity contribution in [3.8, 4) is 0 Å². The largest absolute Gasteiger partial charge is 0.316 e. The fourth-order valence-electron chi connectivity index (χ4n) is 3.36. The maximum absolute atomic E-state index is 3.53. The standard InChI is InChI=1S/C18H28N2.ClH/c1-3-15-4-6-16(7-5-15)12-20(17-8-9-17)14-18(2)10-11-19-13-18;/h4-7,17,19H,3,8-14H2,1-2H3;1H. The minimum atomic E-state index is 0. The number of aryl methyl sites for hydroxylation is 1. The number of hydrogen-bond donors (Lipinski definition) is 1. The minimum Gasteiger partial charge on any atom is -0.316 e. The highest BCUT2D eigenvalue weighted by Crippen LogP contribution is 2.34. The van der Waals surface area contributed by atoms with E-state index in [1.165, 1.54) is 50.0 Å². The van der Waals surface area contributed by atoms with Crippen molar-refractivity contribution in [3.63, 3.8) is 0 Å². The summed E-state index contributed by atoms with van der Waals surface area (Å²) in [5, 5.41) is 3.53. The Bertz CT molecular complexity index is 433. The molecule has 2 nitrogen and oxygen atoms in total. The van der Waals surface area contributed by atoms with Gasteiger partial charge in [0.25, 0.3) is 0 Å². The second kappa shape index (κ2) is 7.13. The van der Waals surface area contributed by atoms with Crippen LogP contribution in [0.2, 0.25) is 0 Å². The van der Waals surface area contributed by atoms with Crippen LogP contribution in [0.25, 0.3) is 0 Å². The first kappa shape index (κ1) is 16.8. The second-order valence-electron chi connectivity index (χ2n) is 7.04. The zero-order valence-electron chi connectivity index (χ0n) is 13.4. The third kappa shape index (κ3) is 4.45. The van der Waals surface area contributed by atoms with Crippen molar-refractivity contribution in [2.45, 2.75) is 52.1 Å². The van der Waals surface area contributed by atoms with Gasteiger partial charge in [0.15, 0.2) is 0 Å². The van der Waals surface area contributed by atoms with Gasteiger partial charge in [-0.25, -0.2) is 0 Å². The van der Waals surface area contributed by atoms with E-state index in [0.29, 0.717) is 5.41 Å². The molecule has 0 aromatic heterocycles. The first-order valence-electron chi connectivity index (χ1n) is 8.21. The minimum absolute atomic E-state index is 0. The number of nitrogens with one attached hydrogen (secondary N) is 1. The second-order valence-corrected chi connectivity index (χ2v) is 7.04. The lowest BCUT2D eigenvalue weighted by atomic mass is 9.89. The Kier molecular flexibility index (Phi) is 5.70. The van der Waals surface area contributed by atoms with Crippen molar-refractivity contribution in [1.82, 2.24) is 10.2 Å². The van der Waals surface area contributed by atoms with Gasteiger partial charge in [0.1, 0.15) is 0 Å². The fourth-order valence-corrected chi connectivity index (χ4v) is 3.36. The Labute approximate surface area is 135 Å². The summed E-state index contributed by atoms with van der Waals surface area (Å²) >= 11 is 0. The molecule has 1 aliphatic carbocycles. The smallest absolute Gasteiger partial charge is 0.0236 e. The number of hydrogen-bond acceptors (Lipinski definition) is 2. The lowest BCUT2D eigenvalue weighted by molar-refractivity contribution is 0.162. The molecule has 118 valence electrons. The topological polar surface area (TPSA) is 15.3 Å². The monoisotopic (exact) mass is 308 g/mol. The quantitative estimate of drug-likeness (QED) is 0.863. The molecule has 2 fully saturated rings. The van der Waals surface area contributed by atoms with Crippen LogP contribution in [0.15, 0.2) is 24.3 Å². The summed E-state index contributed by atoms with van der Waals surface area (Å²) in [6, 6.07) is 10.1. The van der Waals surface area contributed by atoms with Gasteiger partial charge in [-0.1, -0.05) is 38.1 Å². The van der Waals surface area contributed by atoms with Crippen LogP contribution in [0.4, 0.5) is 0 Å². The molecule has 21 heavy (non-hydrogen) atoms. The summed E-state index contributed by atoms with van der Waals surface area (Å²) in [6.45, 7) is 9.43. The third-order valence-corrected chi connectivity index (χ3v) is 4.92. The number of nitrogens with zero attached hydrogens (tertiary/aromatic N) is 1. The summed E-state index contributed by atoms with van der Waals surface area (Å²) in [6.07, 6.45) is 5.26. The molecule has 1 aromatic rings. The van der Waals surface area contributed by atoms with Gasteiger partial charge in [-0.3, -0.25) is 4.90 Å². The van der Waals surface area contributed by atoms with E-state index in [1.807, 2.05) is 0 Å². The summed E-state index contributed by atoms with van der Waals surface area (Å²) in [7, 11) is 0. The van der Waals surface area contributed by atoms with E-state index >= 15 is 0 Å². The zero-order chi connectivity index (χ0) is 14.0. The average molecular weight is 309 g/mol. The molecular weight excluding hydrogens is 280 g/mol. The SMILES string of the molecule is CCc1ccc(CN(CC2(C)CCNC2)C2CC2)cc1.Cl. The fraction of sp³-hybridized carbons (Fsp3) is 0.667. The highest BCUT2D eigenvalue weighted by atomic mass is 35.5.